The van der Waals surface area contributed by atoms with Crippen LogP contribution in [-0.4, -0.2) is 65.9 Å². The topological polar surface area (TPSA) is 122 Å². The lowest BCUT2D eigenvalue weighted by atomic mass is 9.86. The van der Waals surface area contributed by atoms with E-state index in [1.165, 1.54) is 20.7 Å². The first-order valence-corrected chi connectivity index (χ1v) is 18.1. The average Bonchev–Trinajstić information content (AvgIpc) is 3.02. The summed E-state index contributed by atoms with van der Waals surface area (Å²) < 4.78 is 68.0. The van der Waals surface area contributed by atoms with Gasteiger partial charge < -0.3 is 14.8 Å². The third kappa shape index (κ3) is 7.29. The van der Waals surface area contributed by atoms with E-state index in [1.54, 1.807) is 42.5 Å². The summed E-state index contributed by atoms with van der Waals surface area (Å²) in [5.74, 6) is 0.298. The molecule has 0 radical (unpaired) electrons. The minimum Gasteiger partial charge on any atom is -0.492 e. The first kappa shape index (κ1) is 32.8. The summed E-state index contributed by atoms with van der Waals surface area (Å²) in [5.41, 5.74) is 2.03. The number of benzene rings is 3. The fourth-order valence-corrected chi connectivity index (χ4v) is 8.32. The number of ether oxygens (including phenoxy) is 2. The van der Waals surface area contributed by atoms with Crippen molar-refractivity contribution in [2.45, 2.75) is 68.3 Å². The highest BCUT2D eigenvalue weighted by Gasteiger charge is 2.38. The number of rotatable bonds is 9. The highest BCUT2D eigenvalue weighted by molar-refractivity contribution is 7.92. The number of hydrogen-bond acceptors (Lipinski definition) is 7. The van der Waals surface area contributed by atoms with Crippen molar-refractivity contribution in [1.29, 1.82) is 0 Å². The van der Waals surface area contributed by atoms with Crippen molar-refractivity contribution >= 4 is 31.6 Å². The summed E-state index contributed by atoms with van der Waals surface area (Å²) in [5, 5.41) is 2.77. The van der Waals surface area contributed by atoms with E-state index < -0.39 is 32.1 Å². The highest BCUT2D eigenvalue weighted by Crippen LogP contribution is 2.40. The lowest BCUT2D eigenvalue weighted by Crippen LogP contribution is -2.51. The number of amides is 1. The zero-order valence-electron chi connectivity index (χ0n) is 26.2. The van der Waals surface area contributed by atoms with Crippen LogP contribution in [0.25, 0.3) is 0 Å². The molecule has 1 amide bonds. The van der Waals surface area contributed by atoms with Crippen LogP contribution in [0.5, 0.6) is 11.5 Å². The molecule has 0 aromatic heterocycles. The van der Waals surface area contributed by atoms with Gasteiger partial charge in [-0.1, -0.05) is 51.0 Å². The van der Waals surface area contributed by atoms with E-state index in [9.17, 15) is 21.6 Å². The number of hydrogen-bond donors (Lipinski definition) is 1. The molecule has 1 atom stereocenters. The van der Waals surface area contributed by atoms with E-state index in [0.29, 0.717) is 30.3 Å². The number of nitrogens with zero attached hydrogens (tertiary/aromatic N) is 2. The first-order valence-electron chi connectivity index (χ1n) is 15.2. The molecule has 3 aromatic carbocycles. The Morgan fingerprint density at radius 2 is 1.51 bits per heavy atom. The molecule has 0 saturated carbocycles. The number of piperidine rings is 1. The summed E-state index contributed by atoms with van der Waals surface area (Å²) in [6, 6.07) is 18.3. The Bertz CT molecular complexity index is 1730. The number of fused-ring (bicyclic) bond motifs is 1. The van der Waals surface area contributed by atoms with Gasteiger partial charge >= 0.3 is 0 Å². The van der Waals surface area contributed by atoms with Crippen molar-refractivity contribution < 1.29 is 31.1 Å². The van der Waals surface area contributed by atoms with Gasteiger partial charge in [-0.3, -0.25) is 9.10 Å². The number of carbonyl (C=O) groups is 1. The SMILES string of the molecule is Cc1ccc(S(=O)(=O)N2CC(C(=O)NCCOc3ccc(S(=O)(=O)N4CCCCC4)cc3)Oc3ccc(C(C)(C)C)cc32)cc1. The van der Waals surface area contributed by atoms with Crippen molar-refractivity contribution in [3.63, 3.8) is 0 Å². The van der Waals surface area contributed by atoms with Crippen LogP contribution in [-0.2, 0) is 30.3 Å². The van der Waals surface area contributed by atoms with E-state index in [1.807, 2.05) is 39.8 Å². The molecule has 45 heavy (non-hydrogen) atoms. The van der Waals surface area contributed by atoms with Crippen LogP contribution >= 0.6 is 0 Å². The molecule has 0 bridgehead atoms. The van der Waals surface area contributed by atoms with Crippen molar-refractivity contribution in [3.8, 4) is 11.5 Å². The fourth-order valence-electron chi connectivity index (χ4n) is 5.34. The second-order valence-electron chi connectivity index (χ2n) is 12.5. The number of aryl methyl sites for hydroxylation is 1. The number of carbonyl (C=O) groups excluding carboxylic acids is 1. The summed E-state index contributed by atoms with van der Waals surface area (Å²) in [6.45, 7) is 9.13. The molecule has 1 saturated heterocycles. The Balaban J connectivity index is 1.24. The van der Waals surface area contributed by atoms with E-state index in [4.69, 9.17) is 9.47 Å². The largest absolute Gasteiger partial charge is 0.492 e. The summed E-state index contributed by atoms with van der Waals surface area (Å²) in [6.07, 6.45) is 1.68. The molecule has 3 aromatic rings. The quantitative estimate of drug-likeness (QED) is 0.334. The van der Waals surface area contributed by atoms with Gasteiger partial charge in [0, 0.05) is 13.1 Å². The van der Waals surface area contributed by atoms with Gasteiger partial charge in [0.2, 0.25) is 10.0 Å². The molecule has 0 spiro atoms. The van der Waals surface area contributed by atoms with Gasteiger partial charge in [-0.15, -0.1) is 0 Å². The molecule has 1 N–H and O–H groups in total. The average molecular weight is 656 g/mol. The van der Waals surface area contributed by atoms with Crippen LogP contribution in [0.3, 0.4) is 0 Å². The van der Waals surface area contributed by atoms with E-state index >= 15 is 0 Å². The highest BCUT2D eigenvalue weighted by atomic mass is 32.2. The number of nitrogens with one attached hydrogen (secondary N) is 1. The zero-order chi connectivity index (χ0) is 32.4. The van der Waals surface area contributed by atoms with Gasteiger partial charge in [0.25, 0.3) is 15.9 Å². The second kappa shape index (κ2) is 13.0. The van der Waals surface area contributed by atoms with Gasteiger partial charge in [-0.05, 0) is 79.3 Å². The molecule has 2 aliphatic rings. The van der Waals surface area contributed by atoms with Gasteiger partial charge in [-0.2, -0.15) is 4.31 Å². The van der Waals surface area contributed by atoms with Crippen LogP contribution in [0.4, 0.5) is 5.69 Å². The Morgan fingerprint density at radius 1 is 0.889 bits per heavy atom. The van der Waals surface area contributed by atoms with Gasteiger partial charge in [-0.25, -0.2) is 16.8 Å². The molecule has 1 fully saturated rings. The molecule has 0 aliphatic carbocycles. The van der Waals surface area contributed by atoms with Gasteiger partial charge in [0.05, 0.1) is 28.6 Å². The molecular weight excluding hydrogens is 615 g/mol. The van der Waals surface area contributed by atoms with Crippen molar-refractivity contribution in [3.05, 3.63) is 77.9 Å². The van der Waals surface area contributed by atoms with Crippen LogP contribution in [0.15, 0.2) is 76.5 Å². The molecule has 1 unspecified atom stereocenters. The Kier molecular flexibility index (Phi) is 9.48. The fraction of sp³-hybridized carbons (Fsp3) is 0.424. The maximum atomic E-state index is 13.9. The normalized spacial score (nSPS) is 17.7. The molecule has 2 heterocycles. The predicted octanol–water partition coefficient (Wildman–Crippen LogP) is 4.62. The Hall–Kier alpha value is -3.61. The van der Waals surface area contributed by atoms with Crippen LogP contribution in [0.2, 0.25) is 0 Å². The Labute approximate surface area is 266 Å². The molecule has 10 nitrogen and oxygen atoms in total. The monoisotopic (exact) mass is 655 g/mol. The molecular formula is C33H41N3O7S2. The Morgan fingerprint density at radius 3 is 2.16 bits per heavy atom. The van der Waals surface area contributed by atoms with Gasteiger partial charge in [0.1, 0.15) is 18.1 Å². The van der Waals surface area contributed by atoms with Crippen LogP contribution in [0, 0.1) is 6.92 Å². The number of anilines is 1. The summed E-state index contributed by atoms with van der Waals surface area (Å²) >= 11 is 0. The lowest BCUT2D eigenvalue weighted by Gasteiger charge is -2.36. The lowest BCUT2D eigenvalue weighted by molar-refractivity contribution is -0.127. The summed E-state index contributed by atoms with van der Waals surface area (Å²) in [7, 11) is -7.53. The minimum absolute atomic E-state index is 0.119. The second-order valence-corrected chi connectivity index (χ2v) is 16.3. The third-order valence-corrected chi connectivity index (χ3v) is 11.7. The number of sulfonamides is 2. The maximum Gasteiger partial charge on any atom is 0.264 e. The van der Waals surface area contributed by atoms with Crippen molar-refractivity contribution in [1.82, 2.24) is 9.62 Å². The van der Waals surface area contributed by atoms with E-state index in [0.717, 1.165) is 30.4 Å². The smallest absolute Gasteiger partial charge is 0.264 e. The molecule has 5 rings (SSSR count). The van der Waals surface area contributed by atoms with E-state index in [-0.39, 0.29) is 34.9 Å². The first-order chi connectivity index (χ1) is 21.3. The maximum absolute atomic E-state index is 13.9. The van der Waals surface area contributed by atoms with Gasteiger partial charge in [0.15, 0.2) is 6.10 Å². The molecule has 2 aliphatic heterocycles. The molecule has 242 valence electrons. The van der Waals surface area contributed by atoms with Crippen molar-refractivity contribution in [2.75, 3.05) is 37.1 Å². The predicted molar refractivity (Wildman–Crippen MR) is 173 cm³/mol. The van der Waals surface area contributed by atoms with Crippen LogP contribution < -0.4 is 19.1 Å². The van der Waals surface area contributed by atoms with Crippen molar-refractivity contribution in [2.24, 2.45) is 0 Å². The summed E-state index contributed by atoms with van der Waals surface area (Å²) in [4.78, 5) is 13.6. The third-order valence-electron chi connectivity index (χ3n) is 8.04. The zero-order valence-corrected chi connectivity index (χ0v) is 27.8. The minimum atomic E-state index is -4.00. The standard InChI is InChI=1S/C33H41N3O7S2/c1-24-8-13-28(14-9-24)45(40,41)36-23-31(43-30-17-10-25(22-29(30)36)33(2,3)4)32(37)34-18-21-42-26-11-15-27(16-12-26)44(38,39)35-19-6-5-7-20-35/h8-17,22,31H,5-7,18-21,23H2,1-4H3,(H,34,37). The van der Waals surface area contributed by atoms with E-state index in [2.05, 4.69) is 5.32 Å². The van der Waals surface area contributed by atoms with Crippen LogP contribution in [0.1, 0.15) is 51.2 Å². The molecule has 12 heteroatoms.